The summed E-state index contributed by atoms with van der Waals surface area (Å²) in [5.41, 5.74) is 1.77. The van der Waals surface area contributed by atoms with Crippen LogP contribution in [0.25, 0.3) is 21.1 Å². The van der Waals surface area contributed by atoms with Crippen molar-refractivity contribution < 1.29 is 0 Å². The molecular weight excluding hydrogens is 440 g/mol. The summed E-state index contributed by atoms with van der Waals surface area (Å²) in [5, 5.41) is 1.85. The van der Waals surface area contributed by atoms with E-state index in [1.165, 1.54) is 22.2 Å². The van der Waals surface area contributed by atoms with Gasteiger partial charge in [-0.1, -0.05) is 30.8 Å². The van der Waals surface area contributed by atoms with Gasteiger partial charge in [0.25, 0.3) is 11.1 Å². The molecule has 0 radical (unpaired) electrons. The molecule has 0 saturated heterocycles. The summed E-state index contributed by atoms with van der Waals surface area (Å²) >= 11 is 3.11. The SMILES string of the molecule is CC1CCc2c(sc3nc(C(C)Sc4nc5ccccc5c(=O)n4C(C)C)[nH]c(=O)c23)C1. The van der Waals surface area contributed by atoms with Gasteiger partial charge in [0.15, 0.2) is 5.16 Å². The molecule has 3 heterocycles. The Balaban J connectivity index is 1.56. The molecule has 0 saturated carbocycles. The molecule has 8 heteroatoms. The van der Waals surface area contributed by atoms with Gasteiger partial charge in [-0.25, -0.2) is 9.97 Å². The van der Waals surface area contributed by atoms with E-state index in [0.717, 1.165) is 29.5 Å². The number of hydrogen-bond acceptors (Lipinski definition) is 6. The highest BCUT2D eigenvalue weighted by Crippen LogP contribution is 2.38. The van der Waals surface area contributed by atoms with Gasteiger partial charge in [0.2, 0.25) is 0 Å². The molecule has 32 heavy (non-hydrogen) atoms. The zero-order chi connectivity index (χ0) is 22.6. The van der Waals surface area contributed by atoms with E-state index in [0.29, 0.717) is 27.8 Å². The average molecular weight is 467 g/mol. The molecule has 1 aromatic carbocycles. The molecule has 4 aromatic rings. The number of H-pyrrole nitrogens is 1. The number of para-hydroxylation sites is 1. The van der Waals surface area contributed by atoms with Crippen molar-refractivity contribution in [1.82, 2.24) is 19.5 Å². The second kappa shape index (κ2) is 8.15. The Hall–Kier alpha value is -2.45. The first-order valence-electron chi connectivity index (χ1n) is 11.1. The fourth-order valence-electron chi connectivity index (χ4n) is 4.44. The van der Waals surface area contributed by atoms with Crippen molar-refractivity contribution in [2.75, 3.05) is 0 Å². The number of benzene rings is 1. The van der Waals surface area contributed by atoms with E-state index in [1.54, 1.807) is 15.9 Å². The molecule has 3 aromatic heterocycles. The van der Waals surface area contributed by atoms with Crippen molar-refractivity contribution in [3.8, 4) is 0 Å². The number of thioether (sulfide) groups is 1. The van der Waals surface area contributed by atoms with E-state index in [-0.39, 0.29) is 22.4 Å². The van der Waals surface area contributed by atoms with Crippen LogP contribution in [0.15, 0.2) is 39.0 Å². The highest BCUT2D eigenvalue weighted by molar-refractivity contribution is 7.99. The first-order valence-corrected chi connectivity index (χ1v) is 12.8. The van der Waals surface area contributed by atoms with Gasteiger partial charge in [-0.15, -0.1) is 11.3 Å². The highest BCUT2D eigenvalue weighted by atomic mass is 32.2. The molecule has 1 aliphatic rings. The summed E-state index contributed by atoms with van der Waals surface area (Å²) in [7, 11) is 0. The number of aromatic amines is 1. The zero-order valence-electron chi connectivity index (χ0n) is 18.6. The lowest BCUT2D eigenvalue weighted by atomic mass is 9.89. The number of fused-ring (bicyclic) bond motifs is 4. The Morgan fingerprint density at radius 2 is 1.97 bits per heavy atom. The maximum Gasteiger partial charge on any atom is 0.262 e. The topological polar surface area (TPSA) is 80.6 Å². The first-order chi connectivity index (χ1) is 15.3. The van der Waals surface area contributed by atoms with E-state index >= 15 is 0 Å². The van der Waals surface area contributed by atoms with Gasteiger partial charge in [-0.3, -0.25) is 14.2 Å². The second-order valence-electron chi connectivity index (χ2n) is 8.92. The molecule has 0 aliphatic heterocycles. The van der Waals surface area contributed by atoms with Crippen LogP contribution < -0.4 is 11.1 Å². The smallest absolute Gasteiger partial charge is 0.262 e. The number of rotatable bonds is 4. The molecular formula is C24H26N4O2S2. The largest absolute Gasteiger partial charge is 0.309 e. The van der Waals surface area contributed by atoms with Crippen LogP contribution in [0.3, 0.4) is 0 Å². The number of thiophene rings is 1. The van der Waals surface area contributed by atoms with E-state index in [1.807, 2.05) is 45.0 Å². The predicted molar refractivity (Wildman–Crippen MR) is 132 cm³/mol. The Labute approximate surface area is 194 Å². The predicted octanol–water partition coefficient (Wildman–Crippen LogP) is 5.25. The Morgan fingerprint density at radius 1 is 1.19 bits per heavy atom. The maximum absolute atomic E-state index is 13.1. The van der Waals surface area contributed by atoms with Crippen molar-refractivity contribution in [3.63, 3.8) is 0 Å². The quantitative estimate of drug-likeness (QED) is 0.328. The molecule has 0 fully saturated rings. The monoisotopic (exact) mass is 466 g/mol. The Kier molecular flexibility index (Phi) is 5.45. The minimum Gasteiger partial charge on any atom is -0.309 e. The molecule has 0 bridgehead atoms. The number of hydrogen-bond donors (Lipinski definition) is 1. The van der Waals surface area contributed by atoms with Crippen LogP contribution in [-0.2, 0) is 12.8 Å². The van der Waals surface area contributed by atoms with Crippen LogP contribution in [0.2, 0.25) is 0 Å². The van der Waals surface area contributed by atoms with Gasteiger partial charge in [-0.05, 0) is 63.6 Å². The van der Waals surface area contributed by atoms with Crippen molar-refractivity contribution in [3.05, 3.63) is 61.2 Å². The number of aryl methyl sites for hydroxylation is 1. The molecule has 1 aliphatic carbocycles. The van der Waals surface area contributed by atoms with E-state index < -0.39 is 0 Å². The van der Waals surface area contributed by atoms with Crippen LogP contribution in [0.5, 0.6) is 0 Å². The van der Waals surface area contributed by atoms with Crippen LogP contribution in [0.1, 0.15) is 61.7 Å². The summed E-state index contributed by atoms with van der Waals surface area (Å²) < 4.78 is 1.73. The maximum atomic E-state index is 13.1. The molecule has 2 unspecified atom stereocenters. The van der Waals surface area contributed by atoms with E-state index in [4.69, 9.17) is 9.97 Å². The van der Waals surface area contributed by atoms with E-state index in [2.05, 4.69) is 11.9 Å². The fourth-order valence-corrected chi connectivity index (χ4v) is 6.92. The third-order valence-electron chi connectivity index (χ3n) is 6.14. The van der Waals surface area contributed by atoms with Crippen molar-refractivity contribution >= 4 is 44.2 Å². The lowest BCUT2D eigenvalue weighted by molar-refractivity contribution is 0.509. The van der Waals surface area contributed by atoms with Gasteiger partial charge in [0, 0.05) is 10.9 Å². The van der Waals surface area contributed by atoms with Crippen LogP contribution in [-0.4, -0.2) is 19.5 Å². The summed E-state index contributed by atoms with van der Waals surface area (Å²) in [4.78, 5) is 40.9. The molecule has 6 nitrogen and oxygen atoms in total. The van der Waals surface area contributed by atoms with Gasteiger partial charge in [0.1, 0.15) is 10.7 Å². The van der Waals surface area contributed by atoms with E-state index in [9.17, 15) is 9.59 Å². The minimum atomic E-state index is -0.164. The van der Waals surface area contributed by atoms with Crippen LogP contribution >= 0.6 is 23.1 Å². The molecule has 1 N–H and O–H groups in total. The second-order valence-corrected chi connectivity index (χ2v) is 11.3. The normalized spacial score (nSPS) is 17.2. The Morgan fingerprint density at radius 3 is 2.75 bits per heavy atom. The van der Waals surface area contributed by atoms with Gasteiger partial charge in [-0.2, -0.15) is 0 Å². The lowest BCUT2D eigenvalue weighted by Crippen LogP contribution is -2.25. The lowest BCUT2D eigenvalue weighted by Gasteiger charge is -2.18. The zero-order valence-corrected chi connectivity index (χ0v) is 20.3. The average Bonchev–Trinajstić information content (AvgIpc) is 3.11. The highest BCUT2D eigenvalue weighted by Gasteiger charge is 2.25. The third kappa shape index (κ3) is 3.59. The number of nitrogens with zero attached hydrogens (tertiary/aromatic N) is 3. The molecule has 0 amide bonds. The van der Waals surface area contributed by atoms with Crippen LogP contribution in [0.4, 0.5) is 0 Å². The number of aromatic nitrogens is 4. The molecule has 0 spiro atoms. The summed E-state index contributed by atoms with van der Waals surface area (Å²) in [6.45, 7) is 8.22. The molecule has 166 valence electrons. The minimum absolute atomic E-state index is 0.0326. The summed E-state index contributed by atoms with van der Waals surface area (Å²) in [5.74, 6) is 1.27. The van der Waals surface area contributed by atoms with Crippen molar-refractivity contribution in [2.24, 2.45) is 5.92 Å². The van der Waals surface area contributed by atoms with Crippen LogP contribution in [0, 0.1) is 5.92 Å². The fraction of sp³-hybridized carbons (Fsp3) is 0.417. The van der Waals surface area contributed by atoms with Gasteiger partial charge >= 0.3 is 0 Å². The Bertz CT molecular complexity index is 1450. The van der Waals surface area contributed by atoms with Gasteiger partial charge in [0.05, 0.1) is 21.5 Å². The van der Waals surface area contributed by atoms with Crippen molar-refractivity contribution in [2.45, 2.75) is 63.4 Å². The summed E-state index contributed by atoms with van der Waals surface area (Å²) in [6.07, 6.45) is 3.09. The first kappa shape index (κ1) is 21.4. The third-order valence-corrected chi connectivity index (χ3v) is 8.37. The summed E-state index contributed by atoms with van der Waals surface area (Å²) in [6, 6.07) is 7.39. The standard InChI is InChI=1S/C24H26N4O2S2/c1-12(2)28-23(30)15-7-5-6-8-17(15)25-24(28)31-14(4)20-26-21(29)19-16-10-9-13(3)11-18(16)32-22(19)27-20/h5-8,12-14H,9-11H2,1-4H3,(H,26,27,29). The van der Waals surface area contributed by atoms with Crippen molar-refractivity contribution in [1.29, 1.82) is 0 Å². The number of nitrogens with one attached hydrogen (secondary N) is 1. The van der Waals surface area contributed by atoms with Gasteiger partial charge < -0.3 is 4.98 Å². The molecule has 5 rings (SSSR count). The molecule has 2 atom stereocenters.